The molecule has 0 aromatic heterocycles. The monoisotopic (exact) mass is 224 g/mol. The molecule has 4 heteroatoms. The van der Waals surface area contributed by atoms with Crippen LogP contribution in [0.2, 0.25) is 0 Å². The summed E-state index contributed by atoms with van der Waals surface area (Å²) in [7, 11) is 0. The van der Waals surface area contributed by atoms with Gasteiger partial charge in [-0.15, -0.1) is 0 Å². The first-order valence-corrected chi connectivity index (χ1v) is 6.40. The molecule has 0 bridgehead atoms. The Labute approximate surface area is 90.4 Å². The number of hydrogen-bond acceptors (Lipinski definition) is 4. The maximum absolute atomic E-state index is 11.6. The largest absolute Gasteiger partial charge is 0.430 e. The van der Waals surface area contributed by atoms with Gasteiger partial charge in [-0.2, -0.15) is 0 Å². The van der Waals surface area contributed by atoms with Crippen LogP contribution in [0.15, 0.2) is 24.3 Å². The molecule has 2 heterocycles. The van der Waals surface area contributed by atoms with E-state index in [2.05, 4.69) is 0 Å². The molecule has 0 aliphatic carbocycles. The highest BCUT2D eigenvalue weighted by Gasteiger charge is 2.48. The fourth-order valence-electron chi connectivity index (χ4n) is 1.77. The average Bonchev–Trinajstić information content (AvgIpc) is 2.77. The number of fused-ring (bicyclic) bond motifs is 2. The van der Waals surface area contributed by atoms with Crippen molar-refractivity contribution in [3.8, 4) is 0 Å². The van der Waals surface area contributed by atoms with E-state index in [9.17, 15) is 4.79 Å². The Bertz CT molecular complexity index is 397. The van der Waals surface area contributed by atoms with Crippen molar-refractivity contribution in [2.45, 2.75) is 4.27 Å². The first-order chi connectivity index (χ1) is 6.82. The van der Waals surface area contributed by atoms with E-state index in [0.717, 1.165) is 22.6 Å². The molecule has 2 nitrogen and oxygen atoms in total. The molecule has 1 aromatic rings. The van der Waals surface area contributed by atoms with E-state index >= 15 is 0 Å². The molecule has 3 rings (SSSR count). The van der Waals surface area contributed by atoms with Crippen LogP contribution in [0.25, 0.3) is 0 Å². The number of hydrogen-bond donors (Lipinski definition) is 0. The Hall–Kier alpha value is -0.610. The number of ether oxygens (including phenoxy) is 1. The van der Waals surface area contributed by atoms with Gasteiger partial charge in [0.2, 0.25) is 4.27 Å². The van der Waals surface area contributed by atoms with E-state index in [4.69, 9.17) is 4.74 Å². The zero-order valence-electron chi connectivity index (χ0n) is 7.36. The molecule has 1 saturated heterocycles. The minimum Gasteiger partial charge on any atom is -0.430 e. The molecule has 0 atom stereocenters. The maximum Gasteiger partial charge on any atom is 0.340 e. The van der Waals surface area contributed by atoms with E-state index < -0.39 is 4.27 Å². The average molecular weight is 224 g/mol. The molecular weight excluding hydrogens is 216 g/mol. The van der Waals surface area contributed by atoms with Crippen LogP contribution in [-0.2, 0) is 9.00 Å². The number of carbonyl (C=O) groups excluding carboxylic acids is 1. The molecule has 72 valence electrons. The predicted molar refractivity (Wildman–Crippen MR) is 58.5 cm³/mol. The molecule has 0 amide bonds. The Morgan fingerprint density at radius 1 is 1.21 bits per heavy atom. The van der Waals surface area contributed by atoms with Gasteiger partial charge in [0.25, 0.3) is 0 Å². The standard InChI is InChI=1S/C10H8O2S2/c11-9-7-3-1-2-4-8(7)10(12-9)13-5-6-14-10/h1-4H,5-6H2. The Balaban J connectivity index is 2.18. The zero-order valence-corrected chi connectivity index (χ0v) is 8.99. The van der Waals surface area contributed by atoms with Crippen molar-refractivity contribution >= 4 is 29.5 Å². The van der Waals surface area contributed by atoms with Gasteiger partial charge in [0.1, 0.15) is 0 Å². The lowest BCUT2D eigenvalue weighted by atomic mass is 10.1. The van der Waals surface area contributed by atoms with Crippen LogP contribution < -0.4 is 0 Å². The number of thioether (sulfide) groups is 2. The topological polar surface area (TPSA) is 26.3 Å². The van der Waals surface area contributed by atoms with Gasteiger partial charge in [0, 0.05) is 17.1 Å². The minimum atomic E-state index is -0.423. The number of carbonyl (C=O) groups is 1. The smallest absolute Gasteiger partial charge is 0.340 e. The molecule has 2 aliphatic rings. The Morgan fingerprint density at radius 2 is 1.93 bits per heavy atom. The second-order valence-electron chi connectivity index (χ2n) is 3.19. The SMILES string of the molecule is O=C1OC2(SCCS2)c2ccccc21. The third kappa shape index (κ3) is 1.04. The second-order valence-corrected chi connectivity index (χ2v) is 5.99. The van der Waals surface area contributed by atoms with E-state index in [1.165, 1.54) is 0 Å². The van der Waals surface area contributed by atoms with Gasteiger partial charge in [0.05, 0.1) is 5.56 Å². The van der Waals surface area contributed by atoms with Gasteiger partial charge in [-0.25, -0.2) is 4.79 Å². The van der Waals surface area contributed by atoms with Crippen LogP contribution in [0.5, 0.6) is 0 Å². The van der Waals surface area contributed by atoms with Gasteiger partial charge in [-0.1, -0.05) is 41.7 Å². The van der Waals surface area contributed by atoms with Crippen molar-refractivity contribution in [1.29, 1.82) is 0 Å². The molecule has 1 aromatic carbocycles. The summed E-state index contributed by atoms with van der Waals surface area (Å²) in [4.78, 5) is 11.6. The van der Waals surface area contributed by atoms with Crippen LogP contribution in [-0.4, -0.2) is 17.5 Å². The van der Waals surface area contributed by atoms with Crippen LogP contribution in [0.3, 0.4) is 0 Å². The van der Waals surface area contributed by atoms with Crippen LogP contribution in [0.4, 0.5) is 0 Å². The van der Waals surface area contributed by atoms with E-state index in [1.54, 1.807) is 23.5 Å². The molecule has 1 fully saturated rings. The van der Waals surface area contributed by atoms with Crippen molar-refractivity contribution in [3.63, 3.8) is 0 Å². The van der Waals surface area contributed by atoms with Crippen LogP contribution in [0.1, 0.15) is 15.9 Å². The highest BCUT2D eigenvalue weighted by molar-refractivity contribution is 8.20. The van der Waals surface area contributed by atoms with E-state index in [0.29, 0.717) is 0 Å². The minimum absolute atomic E-state index is 0.178. The van der Waals surface area contributed by atoms with Crippen LogP contribution >= 0.6 is 23.5 Å². The summed E-state index contributed by atoms with van der Waals surface area (Å²) >= 11 is 3.44. The first-order valence-electron chi connectivity index (χ1n) is 4.43. The highest BCUT2D eigenvalue weighted by atomic mass is 32.2. The number of rotatable bonds is 0. The first kappa shape index (κ1) is 8.68. The maximum atomic E-state index is 11.6. The highest BCUT2D eigenvalue weighted by Crippen LogP contribution is 2.56. The fourth-order valence-corrected chi connectivity index (χ4v) is 4.74. The lowest BCUT2D eigenvalue weighted by Gasteiger charge is -2.20. The third-order valence-corrected chi connectivity index (χ3v) is 5.52. The Kier molecular flexibility index (Phi) is 1.82. The van der Waals surface area contributed by atoms with Gasteiger partial charge in [0.15, 0.2) is 0 Å². The predicted octanol–water partition coefficient (Wildman–Crippen LogP) is 2.45. The summed E-state index contributed by atoms with van der Waals surface area (Å²) in [5.41, 5.74) is 1.77. The van der Waals surface area contributed by atoms with Gasteiger partial charge < -0.3 is 4.74 Å². The fraction of sp³-hybridized carbons (Fsp3) is 0.300. The molecule has 0 N–H and O–H groups in total. The number of benzene rings is 1. The normalized spacial score (nSPS) is 22.4. The molecule has 2 aliphatic heterocycles. The zero-order chi connectivity index (χ0) is 9.60. The quantitative estimate of drug-likeness (QED) is 0.632. The summed E-state index contributed by atoms with van der Waals surface area (Å²) < 4.78 is 5.04. The van der Waals surface area contributed by atoms with Crippen molar-refractivity contribution in [2.24, 2.45) is 0 Å². The van der Waals surface area contributed by atoms with Crippen LogP contribution in [0, 0.1) is 0 Å². The van der Waals surface area contributed by atoms with Gasteiger partial charge in [-0.3, -0.25) is 0 Å². The van der Waals surface area contributed by atoms with Crippen molar-refractivity contribution in [2.75, 3.05) is 11.5 Å². The Morgan fingerprint density at radius 3 is 2.71 bits per heavy atom. The molecular formula is C10H8O2S2. The van der Waals surface area contributed by atoms with Gasteiger partial charge in [-0.05, 0) is 6.07 Å². The van der Waals surface area contributed by atoms with Crippen molar-refractivity contribution < 1.29 is 9.53 Å². The van der Waals surface area contributed by atoms with Crippen molar-refractivity contribution in [3.05, 3.63) is 35.4 Å². The van der Waals surface area contributed by atoms with E-state index in [1.807, 2.05) is 24.3 Å². The summed E-state index contributed by atoms with van der Waals surface area (Å²) in [6.45, 7) is 0. The third-order valence-electron chi connectivity index (χ3n) is 2.37. The second kappa shape index (κ2) is 2.94. The molecule has 1 spiro atoms. The summed E-state index contributed by atoms with van der Waals surface area (Å²) in [6.07, 6.45) is 0. The van der Waals surface area contributed by atoms with Gasteiger partial charge >= 0.3 is 5.97 Å². The summed E-state index contributed by atoms with van der Waals surface area (Å²) in [5, 5.41) is 0. The lowest BCUT2D eigenvalue weighted by molar-refractivity contribution is 0.0475. The summed E-state index contributed by atoms with van der Waals surface area (Å²) in [6, 6.07) is 7.67. The molecule has 0 saturated carbocycles. The van der Waals surface area contributed by atoms with E-state index in [-0.39, 0.29) is 5.97 Å². The molecule has 0 radical (unpaired) electrons. The number of esters is 1. The molecule has 14 heavy (non-hydrogen) atoms. The lowest BCUT2D eigenvalue weighted by Crippen LogP contribution is -2.13. The summed E-state index contributed by atoms with van der Waals surface area (Å²) in [5.74, 6) is 1.92. The molecule has 0 unspecified atom stereocenters. The van der Waals surface area contributed by atoms with Crippen molar-refractivity contribution in [1.82, 2.24) is 0 Å².